The maximum Gasteiger partial charge on any atom is 0.281 e. The number of aromatic nitrogens is 1. The Labute approximate surface area is 99.2 Å². The normalized spacial score (nSPS) is 12.9. The summed E-state index contributed by atoms with van der Waals surface area (Å²) in [4.78, 5) is 15.3. The third-order valence-corrected chi connectivity index (χ3v) is 2.65. The molecule has 0 aromatic carbocycles. The highest BCUT2D eigenvalue weighted by molar-refractivity contribution is 5.95. The summed E-state index contributed by atoms with van der Waals surface area (Å²) in [6.45, 7) is 5.73. The number of carbonyl (C=O) groups is 1. The van der Waals surface area contributed by atoms with Crippen molar-refractivity contribution in [2.24, 2.45) is 5.92 Å². The molecule has 0 aliphatic heterocycles. The van der Waals surface area contributed by atoms with Gasteiger partial charge in [-0.1, -0.05) is 13.8 Å². The van der Waals surface area contributed by atoms with E-state index in [1.165, 1.54) is 18.3 Å². The molecular weight excluding hydrogens is 226 g/mol. The zero-order chi connectivity index (χ0) is 13.0. The van der Waals surface area contributed by atoms with Crippen molar-refractivity contribution in [1.29, 1.82) is 0 Å². The average molecular weight is 242 g/mol. The van der Waals surface area contributed by atoms with Gasteiger partial charge in [0.1, 0.15) is 5.69 Å². The van der Waals surface area contributed by atoms with Crippen LogP contribution in [-0.4, -0.2) is 16.9 Å². The number of pyridine rings is 1. The van der Waals surface area contributed by atoms with Crippen LogP contribution in [0, 0.1) is 5.92 Å². The highest BCUT2D eigenvalue weighted by Crippen LogP contribution is 2.20. The molecule has 3 nitrogen and oxygen atoms in total. The Morgan fingerprint density at radius 2 is 2.00 bits per heavy atom. The predicted molar refractivity (Wildman–Crippen MR) is 61.0 cm³/mol. The van der Waals surface area contributed by atoms with E-state index in [4.69, 9.17) is 0 Å². The van der Waals surface area contributed by atoms with Crippen LogP contribution < -0.4 is 5.32 Å². The number of alkyl halides is 2. The van der Waals surface area contributed by atoms with Gasteiger partial charge in [-0.15, -0.1) is 0 Å². The van der Waals surface area contributed by atoms with Crippen molar-refractivity contribution in [3.63, 3.8) is 0 Å². The zero-order valence-corrected chi connectivity index (χ0v) is 10.1. The van der Waals surface area contributed by atoms with Crippen LogP contribution in [0.5, 0.6) is 0 Å². The largest absolute Gasteiger partial charge is 0.349 e. The molecule has 1 amide bonds. The third kappa shape index (κ3) is 3.47. The molecule has 1 unspecified atom stereocenters. The lowest BCUT2D eigenvalue weighted by atomic mass is 10.1. The highest BCUT2D eigenvalue weighted by atomic mass is 19.3. The second kappa shape index (κ2) is 5.70. The number of amides is 1. The zero-order valence-electron chi connectivity index (χ0n) is 10.1. The van der Waals surface area contributed by atoms with Crippen LogP contribution in [-0.2, 0) is 0 Å². The van der Waals surface area contributed by atoms with E-state index in [-0.39, 0.29) is 17.5 Å². The van der Waals surface area contributed by atoms with Crippen LogP contribution in [0.2, 0.25) is 0 Å². The number of nitrogens with zero attached hydrogens (tertiary/aromatic N) is 1. The molecule has 0 saturated carbocycles. The Balaban J connectivity index is 2.89. The smallest absolute Gasteiger partial charge is 0.281 e. The minimum absolute atomic E-state index is 0.0602. The van der Waals surface area contributed by atoms with Gasteiger partial charge < -0.3 is 5.32 Å². The van der Waals surface area contributed by atoms with Crippen LogP contribution >= 0.6 is 0 Å². The second-order valence-electron chi connectivity index (χ2n) is 4.24. The van der Waals surface area contributed by atoms with E-state index in [1.54, 1.807) is 0 Å². The summed E-state index contributed by atoms with van der Waals surface area (Å²) in [5.41, 5.74) is -0.532. The van der Waals surface area contributed by atoms with Crippen molar-refractivity contribution in [2.45, 2.75) is 33.2 Å². The van der Waals surface area contributed by atoms with Crippen molar-refractivity contribution in [3.05, 3.63) is 29.6 Å². The van der Waals surface area contributed by atoms with Crippen molar-refractivity contribution >= 4 is 5.91 Å². The van der Waals surface area contributed by atoms with E-state index in [9.17, 15) is 13.6 Å². The molecule has 0 saturated heterocycles. The molecule has 1 atom stereocenters. The summed E-state index contributed by atoms with van der Waals surface area (Å²) >= 11 is 0. The summed E-state index contributed by atoms with van der Waals surface area (Å²) in [5, 5.41) is 2.68. The molecule has 1 aromatic rings. The fraction of sp³-hybridized carbons (Fsp3) is 0.500. The molecular formula is C12H16F2N2O. The van der Waals surface area contributed by atoms with Crippen molar-refractivity contribution < 1.29 is 13.6 Å². The molecule has 1 rings (SSSR count). The minimum Gasteiger partial charge on any atom is -0.349 e. The lowest BCUT2D eigenvalue weighted by Gasteiger charge is -2.18. The average Bonchev–Trinajstić information content (AvgIpc) is 2.28. The number of hydrogen-bond acceptors (Lipinski definition) is 2. The summed E-state index contributed by atoms with van der Waals surface area (Å²) in [6.07, 6.45) is -1.49. The van der Waals surface area contributed by atoms with Gasteiger partial charge in [-0.3, -0.25) is 9.78 Å². The first-order chi connectivity index (χ1) is 7.93. The Morgan fingerprint density at radius 1 is 1.35 bits per heavy atom. The second-order valence-corrected chi connectivity index (χ2v) is 4.24. The minimum atomic E-state index is -2.74. The molecule has 0 spiro atoms. The Bertz CT molecular complexity index is 394. The molecule has 0 aliphatic carbocycles. The van der Waals surface area contributed by atoms with Crippen LogP contribution in [0.3, 0.4) is 0 Å². The Hall–Kier alpha value is -1.52. The van der Waals surface area contributed by atoms with Crippen molar-refractivity contribution in [1.82, 2.24) is 10.3 Å². The fourth-order valence-electron chi connectivity index (χ4n) is 1.23. The molecule has 0 bridgehead atoms. The molecule has 0 radical (unpaired) electrons. The SMILES string of the molecule is CC(C)C(C)NC(=O)c1cccnc1C(F)F. The summed E-state index contributed by atoms with van der Waals surface area (Å²) in [5.74, 6) is -0.264. The molecule has 1 N–H and O–H groups in total. The van der Waals surface area contributed by atoms with Gasteiger partial charge in [0.05, 0.1) is 5.56 Å². The van der Waals surface area contributed by atoms with Crippen LogP contribution in [0.15, 0.2) is 18.3 Å². The summed E-state index contributed by atoms with van der Waals surface area (Å²) in [7, 11) is 0. The van der Waals surface area contributed by atoms with Gasteiger partial charge in [0.25, 0.3) is 12.3 Å². The first kappa shape index (κ1) is 13.5. The maximum absolute atomic E-state index is 12.6. The van der Waals surface area contributed by atoms with E-state index < -0.39 is 18.0 Å². The Morgan fingerprint density at radius 3 is 2.53 bits per heavy atom. The van der Waals surface area contributed by atoms with E-state index in [2.05, 4.69) is 10.3 Å². The van der Waals surface area contributed by atoms with E-state index in [0.717, 1.165) is 0 Å². The van der Waals surface area contributed by atoms with Crippen molar-refractivity contribution in [2.75, 3.05) is 0 Å². The molecule has 1 heterocycles. The van der Waals surface area contributed by atoms with Gasteiger partial charge in [-0.05, 0) is 25.0 Å². The number of rotatable bonds is 4. The fourth-order valence-corrected chi connectivity index (χ4v) is 1.23. The number of nitrogens with one attached hydrogen (secondary N) is 1. The molecule has 17 heavy (non-hydrogen) atoms. The van der Waals surface area contributed by atoms with Gasteiger partial charge >= 0.3 is 0 Å². The first-order valence-corrected chi connectivity index (χ1v) is 5.47. The first-order valence-electron chi connectivity index (χ1n) is 5.47. The monoisotopic (exact) mass is 242 g/mol. The number of carbonyl (C=O) groups excluding carboxylic acids is 1. The van der Waals surface area contributed by atoms with Gasteiger partial charge in [-0.25, -0.2) is 8.78 Å². The van der Waals surface area contributed by atoms with E-state index in [0.29, 0.717) is 0 Å². The number of hydrogen-bond donors (Lipinski definition) is 1. The standard InChI is InChI=1S/C12H16F2N2O/c1-7(2)8(3)16-12(17)9-5-4-6-15-10(9)11(13)14/h4-8,11H,1-3H3,(H,16,17). The van der Waals surface area contributed by atoms with E-state index in [1.807, 2.05) is 20.8 Å². The molecule has 0 aliphatic rings. The van der Waals surface area contributed by atoms with Gasteiger partial charge in [0.2, 0.25) is 0 Å². The topological polar surface area (TPSA) is 42.0 Å². The highest BCUT2D eigenvalue weighted by Gasteiger charge is 2.20. The quantitative estimate of drug-likeness (QED) is 0.882. The molecule has 0 fully saturated rings. The van der Waals surface area contributed by atoms with Crippen LogP contribution in [0.1, 0.15) is 43.2 Å². The molecule has 1 aromatic heterocycles. The maximum atomic E-state index is 12.6. The summed E-state index contributed by atoms with van der Waals surface area (Å²) in [6, 6.07) is 2.76. The third-order valence-electron chi connectivity index (χ3n) is 2.65. The van der Waals surface area contributed by atoms with Gasteiger partial charge in [-0.2, -0.15) is 0 Å². The van der Waals surface area contributed by atoms with Crippen LogP contribution in [0.25, 0.3) is 0 Å². The Kier molecular flexibility index (Phi) is 4.54. The lowest BCUT2D eigenvalue weighted by Crippen LogP contribution is -2.36. The van der Waals surface area contributed by atoms with E-state index >= 15 is 0 Å². The number of halogens is 2. The molecule has 5 heteroatoms. The van der Waals surface area contributed by atoms with Gasteiger partial charge in [0.15, 0.2) is 0 Å². The predicted octanol–water partition coefficient (Wildman–Crippen LogP) is 2.79. The van der Waals surface area contributed by atoms with Crippen LogP contribution in [0.4, 0.5) is 8.78 Å². The lowest BCUT2D eigenvalue weighted by molar-refractivity contribution is 0.0914. The summed E-state index contributed by atoms with van der Waals surface area (Å²) < 4.78 is 25.3. The molecule has 94 valence electrons. The van der Waals surface area contributed by atoms with Crippen molar-refractivity contribution in [3.8, 4) is 0 Å². The van der Waals surface area contributed by atoms with Gasteiger partial charge in [0, 0.05) is 12.2 Å².